The lowest BCUT2D eigenvalue weighted by molar-refractivity contribution is -0.172. The Morgan fingerprint density at radius 2 is 1.50 bits per heavy atom. The van der Waals surface area contributed by atoms with E-state index in [1.807, 2.05) is 6.92 Å². The SMILES string of the molecule is CCOCCOCCOCCOCCOCCOCCC(=O)N[C@H](C(=O)N[C@@H](CCCCN)C(=O)NCC(=O)N[C@H]1CCc2c(C)c(F)cc3nc4c(c1c23)Cn1c-4cc2c(c1=O)COC(=O)[C@]2(O)CC)C(C)C. The third kappa shape index (κ3) is 14.3. The molecule has 6 rings (SSSR count). The lowest BCUT2D eigenvalue weighted by Gasteiger charge is -2.31. The number of pyridine rings is 2. The molecule has 2 aliphatic heterocycles. The highest BCUT2D eigenvalue weighted by Crippen LogP contribution is 2.46. The van der Waals surface area contributed by atoms with Crippen LogP contribution in [0.15, 0.2) is 16.9 Å². The second kappa shape index (κ2) is 27.9. The minimum absolute atomic E-state index is 0.0161. The standard InChI is InChI=1S/C52H74FN7O14/c1-6-52(67)36-26-41-47-34(29-60(41)50(65)35(36)30-74-51(52)66)45-38(12-11-33-32(5)37(53)27-40(57-47)44(33)45)56-43(62)28-55-48(63)39(10-8-9-14-54)58-49(64)46(31(3)4)59-42(61)13-15-69-18-19-71-22-23-73-25-24-72-21-20-70-17-16-68-7-2/h26-27,31,38-39,46,67H,6-25,28-30,54H2,1-5H3,(H,55,63)(H,56,62)(H,58,64)(H,59,61)/t38-,39-,46-,52-/m0/s1. The largest absolute Gasteiger partial charge is 0.458 e. The molecule has 2 aromatic heterocycles. The molecule has 0 bridgehead atoms. The van der Waals surface area contributed by atoms with Gasteiger partial charge >= 0.3 is 5.97 Å². The van der Waals surface area contributed by atoms with Gasteiger partial charge in [-0.25, -0.2) is 14.2 Å². The predicted octanol–water partition coefficient (Wildman–Crippen LogP) is 2.01. The van der Waals surface area contributed by atoms with E-state index in [1.54, 1.807) is 33.8 Å². The molecule has 1 aromatic carbocycles. The van der Waals surface area contributed by atoms with Crippen LogP contribution in [0.2, 0.25) is 0 Å². The first-order valence-electron chi connectivity index (χ1n) is 25.8. The van der Waals surface area contributed by atoms with Crippen LogP contribution >= 0.6 is 0 Å². The summed E-state index contributed by atoms with van der Waals surface area (Å²) in [4.78, 5) is 86.0. The van der Waals surface area contributed by atoms with Crippen LogP contribution in [-0.2, 0) is 82.3 Å². The van der Waals surface area contributed by atoms with Crippen molar-refractivity contribution >= 4 is 40.5 Å². The number of fused-ring (bicyclic) bond motifs is 5. The Hall–Kier alpha value is -5.46. The maximum absolute atomic E-state index is 15.5. The van der Waals surface area contributed by atoms with Crippen LogP contribution in [0.4, 0.5) is 4.39 Å². The van der Waals surface area contributed by atoms with Crippen molar-refractivity contribution in [3.8, 4) is 11.4 Å². The molecule has 0 unspecified atom stereocenters. The van der Waals surface area contributed by atoms with Gasteiger partial charge in [0.1, 0.15) is 24.5 Å². The molecule has 0 saturated carbocycles. The topological polar surface area (TPSA) is 279 Å². The fourth-order valence-corrected chi connectivity index (χ4v) is 9.45. The monoisotopic (exact) mass is 1040 g/mol. The van der Waals surface area contributed by atoms with Crippen molar-refractivity contribution < 1.29 is 66.6 Å². The van der Waals surface area contributed by atoms with Crippen molar-refractivity contribution in [1.29, 1.82) is 0 Å². The number of rotatable bonds is 32. The van der Waals surface area contributed by atoms with E-state index >= 15 is 4.39 Å². The number of halogens is 1. The van der Waals surface area contributed by atoms with Gasteiger partial charge in [-0.05, 0) is 87.6 Å². The van der Waals surface area contributed by atoms with E-state index in [-0.39, 0.29) is 62.7 Å². The number of amides is 4. The molecule has 1 aliphatic carbocycles. The van der Waals surface area contributed by atoms with E-state index < -0.39 is 71.2 Å². The van der Waals surface area contributed by atoms with Crippen LogP contribution in [0, 0.1) is 18.7 Å². The molecule has 74 heavy (non-hydrogen) atoms. The number of hydrogen-bond donors (Lipinski definition) is 6. The maximum Gasteiger partial charge on any atom is 0.343 e. The van der Waals surface area contributed by atoms with Crippen molar-refractivity contribution in [3.63, 3.8) is 0 Å². The first kappa shape index (κ1) is 57.8. The normalized spacial score (nSPS) is 17.3. The molecule has 0 radical (unpaired) electrons. The third-order valence-electron chi connectivity index (χ3n) is 13.5. The molecule has 22 heteroatoms. The van der Waals surface area contributed by atoms with E-state index in [0.29, 0.717) is 137 Å². The minimum Gasteiger partial charge on any atom is -0.458 e. The summed E-state index contributed by atoms with van der Waals surface area (Å²) in [5.74, 6) is -3.80. The number of aromatic nitrogens is 2. The van der Waals surface area contributed by atoms with Gasteiger partial charge in [0.25, 0.3) is 5.56 Å². The number of aliphatic hydroxyl groups is 1. The number of carbonyl (C=O) groups is 5. The van der Waals surface area contributed by atoms with E-state index in [9.17, 15) is 33.9 Å². The summed E-state index contributed by atoms with van der Waals surface area (Å²) < 4.78 is 54.8. The molecule has 21 nitrogen and oxygen atoms in total. The lowest BCUT2D eigenvalue weighted by atomic mass is 9.81. The van der Waals surface area contributed by atoms with Crippen LogP contribution in [0.25, 0.3) is 22.3 Å². The summed E-state index contributed by atoms with van der Waals surface area (Å²) in [6.07, 6.45) is 2.00. The molecule has 3 aliphatic rings. The van der Waals surface area contributed by atoms with Crippen LogP contribution in [-0.4, -0.2) is 149 Å². The van der Waals surface area contributed by atoms with Gasteiger partial charge in [0.05, 0.1) is 114 Å². The number of ether oxygens (including phenoxy) is 7. The number of aryl methyl sites for hydroxylation is 1. The number of hydrogen-bond acceptors (Lipinski definition) is 16. The average Bonchev–Trinajstić information content (AvgIpc) is 3.75. The Kier molecular flexibility index (Phi) is 21.8. The second-order valence-electron chi connectivity index (χ2n) is 18.8. The molecule has 0 spiro atoms. The average molecular weight is 1040 g/mol. The van der Waals surface area contributed by atoms with Crippen molar-refractivity contribution in [3.05, 3.63) is 61.7 Å². The van der Waals surface area contributed by atoms with Crippen LogP contribution in [0.5, 0.6) is 0 Å². The molecule has 4 amide bonds. The summed E-state index contributed by atoms with van der Waals surface area (Å²) in [5.41, 5.74) is 7.00. The summed E-state index contributed by atoms with van der Waals surface area (Å²) in [7, 11) is 0. The lowest BCUT2D eigenvalue weighted by Crippen LogP contribution is -2.56. The first-order valence-corrected chi connectivity index (χ1v) is 25.8. The van der Waals surface area contributed by atoms with Crippen molar-refractivity contribution in [2.45, 2.75) is 116 Å². The predicted molar refractivity (Wildman–Crippen MR) is 268 cm³/mol. The fourth-order valence-electron chi connectivity index (χ4n) is 9.45. The Morgan fingerprint density at radius 3 is 2.11 bits per heavy atom. The molecule has 0 saturated heterocycles. The Morgan fingerprint density at radius 1 is 0.865 bits per heavy atom. The quantitative estimate of drug-likeness (QED) is 0.0302. The molecular weight excluding hydrogens is 966 g/mol. The van der Waals surface area contributed by atoms with Gasteiger partial charge in [0, 0.05) is 35.6 Å². The molecule has 7 N–H and O–H groups in total. The van der Waals surface area contributed by atoms with Crippen LogP contribution < -0.4 is 32.6 Å². The van der Waals surface area contributed by atoms with Gasteiger partial charge in [0.15, 0.2) is 5.60 Å². The van der Waals surface area contributed by atoms with E-state index in [0.717, 1.165) is 5.56 Å². The summed E-state index contributed by atoms with van der Waals surface area (Å²) in [6.45, 7) is 13.4. The summed E-state index contributed by atoms with van der Waals surface area (Å²) in [5, 5.41) is 23.3. The number of benzene rings is 1. The third-order valence-corrected chi connectivity index (χ3v) is 13.5. The van der Waals surface area contributed by atoms with Gasteiger partial charge in [-0.3, -0.25) is 24.0 Å². The Labute approximate surface area is 430 Å². The number of carbonyl (C=O) groups excluding carboxylic acids is 5. The van der Waals surface area contributed by atoms with Gasteiger partial charge in [-0.15, -0.1) is 0 Å². The molecule has 0 fully saturated rings. The Bertz CT molecular complexity index is 2520. The van der Waals surface area contributed by atoms with Gasteiger partial charge in [0.2, 0.25) is 23.6 Å². The van der Waals surface area contributed by atoms with E-state index in [1.165, 1.54) is 10.6 Å². The highest BCUT2D eigenvalue weighted by Gasteiger charge is 2.46. The number of unbranched alkanes of at least 4 members (excludes halogenated alkanes) is 1. The number of esters is 1. The van der Waals surface area contributed by atoms with Gasteiger partial charge in [-0.2, -0.15) is 0 Å². The zero-order valence-electron chi connectivity index (χ0n) is 43.3. The smallest absolute Gasteiger partial charge is 0.343 e. The molecule has 3 aromatic rings. The maximum atomic E-state index is 15.5. The zero-order valence-corrected chi connectivity index (χ0v) is 43.3. The number of nitrogens with zero attached hydrogens (tertiary/aromatic N) is 2. The number of nitrogens with two attached hydrogens (primary N) is 1. The minimum atomic E-state index is -2.05. The Balaban J connectivity index is 1.00. The summed E-state index contributed by atoms with van der Waals surface area (Å²) in [6, 6.07) is 0.230. The summed E-state index contributed by atoms with van der Waals surface area (Å²) >= 11 is 0. The number of cyclic esters (lactones) is 1. The van der Waals surface area contributed by atoms with Crippen LogP contribution in [0.3, 0.4) is 0 Å². The van der Waals surface area contributed by atoms with Gasteiger partial charge in [-0.1, -0.05) is 20.8 Å². The van der Waals surface area contributed by atoms with Gasteiger partial charge < -0.3 is 69.8 Å². The number of nitrogens with one attached hydrogen (secondary N) is 4. The molecule has 4 heterocycles. The zero-order chi connectivity index (χ0) is 53.4. The van der Waals surface area contributed by atoms with E-state index in [4.69, 9.17) is 43.9 Å². The molecular formula is C52H74FN7O14. The van der Waals surface area contributed by atoms with Crippen molar-refractivity contribution in [2.75, 3.05) is 92.4 Å². The first-order chi connectivity index (χ1) is 35.6. The second-order valence-corrected chi connectivity index (χ2v) is 18.8. The van der Waals surface area contributed by atoms with E-state index in [2.05, 4.69) is 21.3 Å². The van der Waals surface area contributed by atoms with Crippen molar-refractivity contribution in [1.82, 2.24) is 30.8 Å². The molecule has 408 valence electrons. The fraction of sp³-hybridized carbons (Fsp3) is 0.635. The van der Waals surface area contributed by atoms with Crippen molar-refractivity contribution in [2.24, 2.45) is 11.7 Å². The van der Waals surface area contributed by atoms with Crippen LogP contribution in [0.1, 0.15) is 106 Å². The molecule has 4 atom stereocenters. The highest BCUT2D eigenvalue weighted by molar-refractivity contribution is 5.95. The highest BCUT2D eigenvalue weighted by atomic mass is 19.1.